The van der Waals surface area contributed by atoms with Crippen molar-refractivity contribution >= 4 is 22.6 Å². The molecule has 0 saturated carbocycles. The predicted molar refractivity (Wildman–Crippen MR) is 76.1 cm³/mol. The molecule has 0 unspecified atom stereocenters. The minimum absolute atomic E-state index is 0.498. The molecule has 2 N–H and O–H groups in total. The number of ether oxygens (including phenoxy) is 1. The fraction of sp³-hybridized carbons (Fsp3) is 0.154. The topological polar surface area (TPSA) is 48.1 Å². The highest BCUT2D eigenvalue weighted by Crippen LogP contribution is 2.23. The van der Waals surface area contributed by atoms with Crippen LogP contribution in [0.3, 0.4) is 0 Å². The van der Waals surface area contributed by atoms with Gasteiger partial charge in [0.15, 0.2) is 0 Å². The molecule has 0 aliphatic heterocycles. The van der Waals surface area contributed by atoms with Crippen molar-refractivity contribution in [3.8, 4) is 11.6 Å². The van der Waals surface area contributed by atoms with E-state index in [1.807, 2.05) is 37.3 Å². The van der Waals surface area contributed by atoms with Crippen molar-refractivity contribution in [3.05, 3.63) is 51.2 Å². The summed E-state index contributed by atoms with van der Waals surface area (Å²) in [5.41, 5.74) is 7.56. The third-order valence-electron chi connectivity index (χ3n) is 2.35. The van der Waals surface area contributed by atoms with Gasteiger partial charge in [-0.1, -0.05) is 0 Å². The molecular formula is C13H13IN2O. The second-order valence-corrected chi connectivity index (χ2v) is 4.97. The Hall–Kier alpha value is -1.14. The maximum absolute atomic E-state index is 5.71. The summed E-state index contributed by atoms with van der Waals surface area (Å²) in [4.78, 5) is 4.26. The van der Waals surface area contributed by atoms with E-state index < -0.39 is 0 Å². The predicted octanol–water partition coefficient (Wildman–Crippen LogP) is 3.25. The quantitative estimate of drug-likeness (QED) is 0.873. The van der Waals surface area contributed by atoms with E-state index in [1.54, 1.807) is 6.20 Å². The molecule has 2 aromatic rings. The van der Waals surface area contributed by atoms with E-state index in [0.29, 0.717) is 12.4 Å². The minimum atomic E-state index is 0.498. The van der Waals surface area contributed by atoms with Crippen molar-refractivity contribution < 1.29 is 4.74 Å². The molecule has 1 heterocycles. The van der Waals surface area contributed by atoms with Crippen molar-refractivity contribution in [2.75, 3.05) is 0 Å². The number of benzene rings is 1. The van der Waals surface area contributed by atoms with E-state index >= 15 is 0 Å². The fourth-order valence-electron chi connectivity index (χ4n) is 1.45. The van der Waals surface area contributed by atoms with E-state index in [4.69, 9.17) is 10.5 Å². The van der Waals surface area contributed by atoms with E-state index in [-0.39, 0.29) is 0 Å². The van der Waals surface area contributed by atoms with Crippen LogP contribution in [0.5, 0.6) is 11.6 Å². The molecule has 2 rings (SSSR count). The Morgan fingerprint density at radius 1 is 1.29 bits per heavy atom. The Labute approximate surface area is 114 Å². The Bertz CT molecular complexity index is 511. The molecule has 0 spiro atoms. The van der Waals surface area contributed by atoms with Gasteiger partial charge in [0, 0.05) is 21.9 Å². The molecule has 0 radical (unpaired) electrons. The number of rotatable bonds is 3. The first-order chi connectivity index (χ1) is 8.19. The monoisotopic (exact) mass is 340 g/mol. The molecule has 88 valence electrons. The van der Waals surface area contributed by atoms with Crippen molar-refractivity contribution in [2.45, 2.75) is 13.5 Å². The highest BCUT2D eigenvalue weighted by molar-refractivity contribution is 14.1. The fourth-order valence-corrected chi connectivity index (χ4v) is 1.81. The lowest BCUT2D eigenvalue weighted by Crippen LogP contribution is -1.99. The lowest BCUT2D eigenvalue weighted by molar-refractivity contribution is 0.458. The van der Waals surface area contributed by atoms with Crippen LogP contribution in [0.1, 0.15) is 11.1 Å². The van der Waals surface area contributed by atoms with Crippen molar-refractivity contribution in [1.29, 1.82) is 0 Å². The van der Waals surface area contributed by atoms with Crippen LogP contribution in [-0.4, -0.2) is 4.98 Å². The van der Waals surface area contributed by atoms with Crippen LogP contribution >= 0.6 is 22.6 Å². The van der Waals surface area contributed by atoms with Crippen LogP contribution in [0.2, 0.25) is 0 Å². The van der Waals surface area contributed by atoms with Gasteiger partial charge in [-0.25, -0.2) is 4.98 Å². The summed E-state index contributed by atoms with van der Waals surface area (Å²) in [6, 6.07) is 9.85. The SMILES string of the molecule is Cc1cc(CN)cnc1Oc1ccc(I)cc1. The smallest absolute Gasteiger partial charge is 0.222 e. The molecule has 4 heteroatoms. The summed E-state index contributed by atoms with van der Waals surface area (Å²) in [5, 5.41) is 0. The van der Waals surface area contributed by atoms with Crippen LogP contribution in [0.4, 0.5) is 0 Å². The molecular weight excluding hydrogens is 327 g/mol. The highest BCUT2D eigenvalue weighted by atomic mass is 127. The van der Waals surface area contributed by atoms with Crippen molar-refractivity contribution in [1.82, 2.24) is 4.98 Å². The molecule has 0 bridgehead atoms. The third kappa shape index (κ3) is 3.17. The maximum Gasteiger partial charge on any atom is 0.222 e. The van der Waals surface area contributed by atoms with Gasteiger partial charge < -0.3 is 10.5 Å². The van der Waals surface area contributed by atoms with E-state index in [1.165, 1.54) is 3.57 Å². The first-order valence-electron chi connectivity index (χ1n) is 5.28. The number of aryl methyl sites for hydroxylation is 1. The number of nitrogens with two attached hydrogens (primary N) is 1. The van der Waals surface area contributed by atoms with Gasteiger partial charge in [-0.2, -0.15) is 0 Å². The lowest BCUT2D eigenvalue weighted by Gasteiger charge is -2.08. The van der Waals surface area contributed by atoms with Gasteiger partial charge in [0.25, 0.3) is 0 Å². The van der Waals surface area contributed by atoms with Crippen LogP contribution in [0.15, 0.2) is 36.5 Å². The summed E-state index contributed by atoms with van der Waals surface area (Å²) in [7, 11) is 0. The summed E-state index contributed by atoms with van der Waals surface area (Å²) >= 11 is 2.26. The van der Waals surface area contributed by atoms with Crippen LogP contribution in [-0.2, 0) is 6.54 Å². The Morgan fingerprint density at radius 2 is 2.00 bits per heavy atom. The highest BCUT2D eigenvalue weighted by Gasteiger charge is 2.03. The average molecular weight is 340 g/mol. The standard InChI is InChI=1S/C13H13IN2O/c1-9-6-10(7-15)8-16-13(9)17-12-4-2-11(14)3-5-12/h2-6,8H,7,15H2,1H3. The van der Waals surface area contributed by atoms with Gasteiger partial charge in [-0.3, -0.25) is 0 Å². The Balaban J connectivity index is 2.21. The maximum atomic E-state index is 5.71. The molecule has 3 nitrogen and oxygen atoms in total. The third-order valence-corrected chi connectivity index (χ3v) is 3.07. The summed E-state index contributed by atoms with van der Waals surface area (Å²) in [6.45, 7) is 2.46. The number of hydrogen-bond donors (Lipinski definition) is 1. The Morgan fingerprint density at radius 3 is 2.59 bits per heavy atom. The van der Waals surface area contributed by atoms with Crippen molar-refractivity contribution in [2.24, 2.45) is 5.73 Å². The largest absolute Gasteiger partial charge is 0.439 e. The second-order valence-electron chi connectivity index (χ2n) is 3.73. The number of aromatic nitrogens is 1. The van der Waals surface area contributed by atoms with Gasteiger partial charge in [-0.05, 0) is 65.4 Å². The van der Waals surface area contributed by atoms with Crippen molar-refractivity contribution in [3.63, 3.8) is 0 Å². The zero-order valence-electron chi connectivity index (χ0n) is 9.48. The number of nitrogens with zero attached hydrogens (tertiary/aromatic N) is 1. The molecule has 0 saturated heterocycles. The van der Waals surface area contributed by atoms with E-state index in [0.717, 1.165) is 16.9 Å². The number of hydrogen-bond acceptors (Lipinski definition) is 3. The molecule has 0 fully saturated rings. The number of pyridine rings is 1. The van der Waals surface area contributed by atoms with Gasteiger partial charge in [0.2, 0.25) is 5.88 Å². The molecule has 0 aliphatic carbocycles. The minimum Gasteiger partial charge on any atom is -0.439 e. The van der Waals surface area contributed by atoms with E-state index in [9.17, 15) is 0 Å². The van der Waals surface area contributed by atoms with Gasteiger partial charge in [0.1, 0.15) is 5.75 Å². The van der Waals surface area contributed by atoms with E-state index in [2.05, 4.69) is 27.6 Å². The summed E-state index contributed by atoms with van der Waals surface area (Å²) < 4.78 is 6.89. The normalized spacial score (nSPS) is 10.3. The second kappa shape index (κ2) is 5.46. The summed E-state index contributed by atoms with van der Waals surface area (Å²) in [6.07, 6.45) is 1.75. The van der Waals surface area contributed by atoms with Gasteiger partial charge in [0.05, 0.1) is 0 Å². The Kier molecular flexibility index (Phi) is 3.96. The van der Waals surface area contributed by atoms with Gasteiger partial charge >= 0.3 is 0 Å². The molecule has 0 amide bonds. The molecule has 1 aromatic carbocycles. The molecule has 0 atom stereocenters. The van der Waals surface area contributed by atoms with Crippen LogP contribution in [0.25, 0.3) is 0 Å². The van der Waals surface area contributed by atoms with Gasteiger partial charge in [-0.15, -0.1) is 0 Å². The number of halogens is 1. The van der Waals surface area contributed by atoms with Crippen LogP contribution in [0, 0.1) is 10.5 Å². The average Bonchev–Trinajstić information content (AvgIpc) is 2.34. The first kappa shape index (κ1) is 12.3. The zero-order chi connectivity index (χ0) is 12.3. The first-order valence-corrected chi connectivity index (χ1v) is 6.36. The zero-order valence-corrected chi connectivity index (χ0v) is 11.6. The lowest BCUT2D eigenvalue weighted by atomic mass is 10.2. The molecule has 17 heavy (non-hydrogen) atoms. The summed E-state index contributed by atoms with van der Waals surface area (Å²) in [5.74, 6) is 1.42. The molecule has 1 aromatic heterocycles. The van der Waals surface area contributed by atoms with Crippen LogP contribution < -0.4 is 10.5 Å². The molecule has 0 aliphatic rings.